The van der Waals surface area contributed by atoms with Crippen molar-refractivity contribution in [3.05, 3.63) is 35.5 Å². The van der Waals surface area contributed by atoms with E-state index in [4.69, 9.17) is 9.47 Å². The van der Waals surface area contributed by atoms with Crippen LogP contribution in [0, 0.1) is 0 Å². The lowest BCUT2D eigenvalue weighted by molar-refractivity contribution is -0.116. The summed E-state index contributed by atoms with van der Waals surface area (Å²) in [6.07, 6.45) is 3.21. The molecule has 1 N–H and O–H groups in total. The number of pyridine rings is 1. The van der Waals surface area contributed by atoms with Crippen molar-refractivity contribution in [1.82, 2.24) is 10.3 Å². The molecule has 0 unspecified atom stereocenters. The summed E-state index contributed by atoms with van der Waals surface area (Å²) in [7, 11) is 1.61. The smallest absolute Gasteiger partial charge is 0.244 e. The van der Waals surface area contributed by atoms with Crippen molar-refractivity contribution in [1.29, 1.82) is 0 Å². The number of methoxy groups -OCH3 is 1. The predicted molar refractivity (Wildman–Crippen MR) is 72.9 cm³/mol. The van der Waals surface area contributed by atoms with Crippen LogP contribution in [-0.2, 0) is 16.1 Å². The minimum atomic E-state index is -0.119. The van der Waals surface area contributed by atoms with Gasteiger partial charge in [-0.05, 0) is 19.9 Å². The molecule has 0 fully saturated rings. The summed E-state index contributed by atoms with van der Waals surface area (Å²) in [5, 5.41) is 2.79. The van der Waals surface area contributed by atoms with Gasteiger partial charge in [0.05, 0.1) is 6.61 Å². The van der Waals surface area contributed by atoms with Gasteiger partial charge in [0.25, 0.3) is 0 Å². The first kappa shape index (κ1) is 15.2. The van der Waals surface area contributed by atoms with Crippen LogP contribution in [-0.4, -0.2) is 31.2 Å². The quantitative estimate of drug-likeness (QED) is 0.601. The third-order valence-electron chi connectivity index (χ3n) is 2.25. The maximum Gasteiger partial charge on any atom is 0.244 e. The lowest BCUT2D eigenvalue weighted by atomic mass is 10.2. The number of nitrogens with zero attached hydrogens (tertiary/aromatic N) is 1. The maximum absolute atomic E-state index is 11.5. The fourth-order valence-electron chi connectivity index (χ4n) is 1.41. The van der Waals surface area contributed by atoms with Gasteiger partial charge in [-0.15, -0.1) is 0 Å². The average molecular weight is 264 g/mol. The van der Waals surface area contributed by atoms with E-state index in [0.29, 0.717) is 25.6 Å². The van der Waals surface area contributed by atoms with Crippen LogP contribution in [0.25, 0.3) is 0 Å². The van der Waals surface area contributed by atoms with Gasteiger partial charge in [0.1, 0.15) is 6.61 Å². The standard InChI is InChI=1S/C14H20N2O3/c1-11(2)9-13(17)16-10-12-5-4-6-15-14(12)19-8-7-18-3/h4-6,9H,7-8,10H2,1-3H3,(H,16,17). The Kier molecular flexibility index (Phi) is 6.60. The zero-order chi connectivity index (χ0) is 14.1. The van der Waals surface area contributed by atoms with Crippen molar-refractivity contribution >= 4 is 5.91 Å². The number of rotatable bonds is 7. The molecule has 1 rings (SSSR count). The molecular weight excluding hydrogens is 244 g/mol. The number of nitrogens with one attached hydrogen (secondary N) is 1. The summed E-state index contributed by atoms with van der Waals surface area (Å²) < 4.78 is 10.4. The van der Waals surface area contributed by atoms with Crippen LogP contribution in [0.5, 0.6) is 5.88 Å². The molecule has 0 saturated carbocycles. The van der Waals surface area contributed by atoms with Crippen molar-refractivity contribution in [2.75, 3.05) is 20.3 Å². The molecule has 0 spiro atoms. The second-order valence-corrected chi connectivity index (χ2v) is 4.25. The molecule has 5 nitrogen and oxygen atoms in total. The fourth-order valence-corrected chi connectivity index (χ4v) is 1.41. The molecule has 0 saturated heterocycles. The van der Waals surface area contributed by atoms with Gasteiger partial charge in [0.2, 0.25) is 11.8 Å². The van der Waals surface area contributed by atoms with Crippen molar-refractivity contribution in [3.8, 4) is 5.88 Å². The van der Waals surface area contributed by atoms with Crippen LogP contribution in [0.2, 0.25) is 0 Å². The molecule has 19 heavy (non-hydrogen) atoms. The van der Waals surface area contributed by atoms with Gasteiger partial charge in [-0.2, -0.15) is 0 Å². The van der Waals surface area contributed by atoms with Gasteiger partial charge in [-0.1, -0.05) is 11.6 Å². The molecule has 0 bridgehead atoms. The zero-order valence-corrected chi connectivity index (χ0v) is 11.6. The van der Waals surface area contributed by atoms with Crippen LogP contribution in [0.3, 0.4) is 0 Å². The molecule has 1 aromatic heterocycles. The van der Waals surface area contributed by atoms with Crippen LogP contribution in [0.4, 0.5) is 0 Å². The van der Waals surface area contributed by atoms with Crippen molar-refractivity contribution in [2.24, 2.45) is 0 Å². The van der Waals surface area contributed by atoms with Crippen LogP contribution < -0.4 is 10.1 Å². The molecule has 0 radical (unpaired) electrons. The van der Waals surface area contributed by atoms with E-state index < -0.39 is 0 Å². The highest BCUT2D eigenvalue weighted by Crippen LogP contribution is 2.13. The first-order valence-corrected chi connectivity index (χ1v) is 6.12. The molecule has 0 aliphatic carbocycles. The Morgan fingerprint density at radius 3 is 2.89 bits per heavy atom. The third kappa shape index (κ3) is 6.01. The van der Waals surface area contributed by atoms with Gasteiger partial charge in [-0.25, -0.2) is 4.98 Å². The lowest BCUT2D eigenvalue weighted by Gasteiger charge is -2.10. The molecule has 1 amide bonds. The summed E-state index contributed by atoms with van der Waals surface area (Å²) in [6, 6.07) is 3.68. The number of hydrogen-bond donors (Lipinski definition) is 1. The van der Waals surface area contributed by atoms with Crippen molar-refractivity contribution in [2.45, 2.75) is 20.4 Å². The molecule has 104 valence electrons. The van der Waals surface area contributed by atoms with Gasteiger partial charge in [0, 0.05) is 31.5 Å². The highest BCUT2D eigenvalue weighted by molar-refractivity contribution is 5.87. The first-order chi connectivity index (χ1) is 9.13. The van der Waals surface area contributed by atoms with E-state index in [-0.39, 0.29) is 5.91 Å². The zero-order valence-electron chi connectivity index (χ0n) is 11.6. The number of carbonyl (C=O) groups is 1. The average Bonchev–Trinajstić information content (AvgIpc) is 2.37. The first-order valence-electron chi connectivity index (χ1n) is 6.12. The highest BCUT2D eigenvalue weighted by atomic mass is 16.5. The van der Waals surface area contributed by atoms with E-state index in [1.807, 2.05) is 26.0 Å². The summed E-state index contributed by atoms with van der Waals surface area (Å²) in [5.74, 6) is 0.406. The number of hydrogen-bond acceptors (Lipinski definition) is 4. The largest absolute Gasteiger partial charge is 0.475 e. The van der Waals surface area contributed by atoms with Gasteiger partial charge >= 0.3 is 0 Å². The van der Waals surface area contributed by atoms with Crippen molar-refractivity contribution < 1.29 is 14.3 Å². The molecule has 0 aromatic carbocycles. The summed E-state index contributed by atoms with van der Waals surface area (Å²) in [6.45, 7) is 5.08. The third-order valence-corrected chi connectivity index (χ3v) is 2.25. The molecule has 5 heteroatoms. The van der Waals surface area contributed by atoms with E-state index in [2.05, 4.69) is 10.3 Å². The summed E-state index contributed by atoms with van der Waals surface area (Å²) in [4.78, 5) is 15.7. The monoisotopic (exact) mass is 264 g/mol. The van der Waals surface area contributed by atoms with Crippen LogP contribution in [0.1, 0.15) is 19.4 Å². The number of ether oxygens (including phenoxy) is 2. The molecular formula is C14H20N2O3. The summed E-state index contributed by atoms with van der Waals surface area (Å²) >= 11 is 0. The lowest BCUT2D eigenvalue weighted by Crippen LogP contribution is -2.21. The number of allylic oxidation sites excluding steroid dienone is 1. The number of carbonyl (C=O) groups excluding carboxylic acids is 1. The van der Waals surface area contributed by atoms with Gasteiger partial charge in [-0.3, -0.25) is 4.79 Å². The number of aromatic nitrogens is 1. The number of amides is 1. The Bertz CT molecular complexity index is 440. The Balaban J connectivity index is 2.57. The summed E-state index contributed by atoms with van der Waals surface area (Å²) in [5.41, 5.74) is 1.80. The minimum absolute atomic E-state index is 0.119. The topological polar surface area (TPSA) is 60.5 Å². The Morgan fingerprint density at radius 2 is 2.21 bits per heavy atom. The fraction of sp³-hybridized carbons (Fsp3) is 0.429. The second kappa shape index (κ2) is 8.26. The van der Waals surface area contributed by atoms with E-state index in [0.717, 1.165) is 11.1 Å². The molecule has 0 aliphatic rings. The second-order valence-electron chi connectivity index (χ2n) is 4.25. The highest BCUT2D eigenvalue weighted by Gasteiger charge is 2.05. The van der Waals surface area contributed by atoms with E-state index in [1.54, 1.807) is 19.4 Å². The molecule has 0 aliphatic heterocycles. The minimum Gasteiger partial charge on any atom is -0.475 e. The SMILES string of the molecule is COCCOc1ncccc1CNC(=O)C=C(C)C. The maximum atomic E-state index is 11.5. The van der Waals surface area contributed by atoms with Crippen LogP contribution >= 0.6 is 0 Å². The molecule has 0 atom stereocenters. The van der Waals surface area contributed by atoms with E-state index in [9.17, 15) is 4.79 Å². The Labute approximate surface area is 113 Å². The van der Waals surface area contributed by atoms with Gasteiger partial charge in [0.15, 0.2) is 0 Å². The molecule has 1 heterocycles. The predicted octanol–water partition coefficient (Wildman–Crippen LogP) is 1.69. The van der Waals surface area contributed by atoms with Crippen LogP contribution in [0.15, 0.2) is 30.0 Å². The van der Waals surface area contributed by atoms with Gasteiger partial charge < -0.3 is 14.8 Å². The molecule has 1 aromatic rings. The van der Waals surface area contributed by atoms with Crippen molar-refractivity contribution in [3.63, 3.8) is 0 Å². The van der Waals surface area contributed by atoms with E-state index >= 15 is 0 Å². The Hall–Kier alpha value is -1.88. The normalized spacial score (nSPS) is 9.84. The van der Waals surface area contributed by atoms with E-state index in [1.165, 1.54) is 0 Å². The Morgan fingerprint density at radius 1 is 1.42 bits per heavy atom.